The Morgan fingerprint density at radius 3 is 2.41 bits per heavy atom. The van der Waals surface area contributed by atoms with Gasteiger partial charge >= 0.3 is 0 Å². The van der Waals surface area contributed by atoms with Gasteiger partial charge in [-0.25, -0.2) is 0 Å². The predicted molar refractivity (Wildman–Crippen MR) is 126 cm³/mol. The molecule has 1 unspecified atom stereocenters. The van der Waals surface area contributed by atoms with Gasteiger partial charge in [0.1, 0.15) is 0 Å². The van der Waals surface area contributed by atoms with E-state index >= 15 is 0 Å². The molecule has 0 spiro atoms. The second-order valence-electron chi connectivity index (χ2n) is 9.89. The van der Waals surface area contributed by atoms with Crippen LogP contribution in [0.15, 0.2) is 36.4 Å². The molecule has 0 bridgehead atoms. The van der Waals surface area contributed by atoms with Crippen LogP contribution < -0.4 is 5.32 Å². The van der Waals surface area contributed by atoms with Gasteiger partial charge in [-0.2, -0.15) is 0 Å². The van der Waals surface area contributed by atoms with Crippen molar-refractivity contribution in [2.45, 2.75) is 64.6 Å². The summed E-state index contributed by atoms with van der Waals surface area (Å²) in [5.41, 5.74) is 7.47. The van der Waals surface area contributed by atoms with E-state index < -0.39 is 0 Å². The smallest absolute Gasteiger partial charge is 0.254 e. The van der Waals surface area contributed by atoms with Crippen LogP contribution in [0.25, 0.3) is 0 Å². The minimum Gasteiger partial charge on any atom is -0.354 e. The van der Waals surface area contributed by atoms with Gasteiger partial charge < -0.3 is 10.2 Å². The minimum atomic E-state index is 0.0940. The van der Waals surface area contributed by atoms with Gasteiger partial charge in [0.2, 0.25) is 5.91 Å². The molecular formula is C27H33N3O2. The summed E-state index contributed by atoms with van der Waals surface area (Å²) in [5, 5.41) is 2.91. The highest BCUT2D eigenvalue weighted by Gasteiger charge is 2.35. The van der Waals surface area contributed by atoms with Gasteiger partial charge in [-0.05, 0) is 74.9 Å². The van der Waals surface area contributed by atoms with Crippen molar-refractivity contribution in [1.82, 2.24) is 15.1 Å². The number of hydrogen-bond donors (Lipinski definition) is 1. The molecule has 0 saturated carbocycles. The number of amides is 2. The minimum absolute atomic E-state index is 0.0940. The van der Waals surface area contributed by atoms with Crippen molar-refractivity contribution in [3.63, 3.8) is 0 Å². The molecule has 2 aromatic carbocycles. The Labute approximate surface area is 190 Å². The molecule has 3 aliphatic heterocycles. The molecule has 0 aromatic heterocycles. The Morgan fingerprint density at radius 1 is 0.969 bits per heavy atom. The van der Waals surface area contributed by atoms with Crippen LogP contribution in [0.1, 0.15) is 69.8 Å². The van der Waals surface area contributed by atoms with Crippen molar-refractivity contribution in [3.05, 3.63) is 69.8 Å². The molecule has 5 heteroatoms. The van der Waals surface area contributed by atoms with Crippen molar-refractivity contribution in [1.29, 1.82) is 0 Å². The van der Waals surface area contributed by atoms with E-state index in [2.05, 4.69) is 54.4 Å². The molecular weight excluding hydrogens is 398 g/mol. The second-order valence-corrected chi connectivity index (χ2v) is 9.89. The van der Waals surface area contributed by atoms with Gasteiger partial charge in [0.15, 0.2) is 0 Å². The van der Waals surface area contributed by atoms with Crippen LogP contribution in [-0.2, 0) is 17.9 Å². The van der Waals surface area contributed by atoms with E-state index in [1.54, 1.807) is 0 Å². The Kier molecular flexibility index (Phi) is 5.76. The van der Waals surface area contributed by atoms with Gasteiger partial charge in [-0.1, -0.05) is 41.5 Å². The van der Waals surface area contributed by atoms with Crippen molar-refractivity contribution in [2.75, 3.05) is 19.6 Å². The molecule has 2 saturated heterocycles. The first-order valence-electron chi connectivity index (χ1n) is 12.0. The van der Waals surface area contributed by atoms with Crippen LogP contribution in [0.3, 0.4) is 0 Å². The molecule has 2 amide bonds. The van der Waals surface area contributed by atoms with Crippen LogP contribution in [0, 0.1) is 13.8 Å². The lowest BCUT2D eigenvalue weighted by Crippen LogP contribution is -2.48. The summed E-state index contributed by atoms with van der Waals surface area (Å²) >= 11 is 0. The Balaban J connectivity index is 1.21. The van der Waals surface area contributed by atoms with Crippen LogP contribution in [0.5, 0.6) is 0 Å². The Bertz CT molecular complexity index is 1010. The van der Waals surface area contributed by atoms with Gasteiger partial charge in [0.25, 0.3) is 5.91 Å². The first-order valence-corrected chi connectivity index (χ1v) is 12.0. The maximum absolute atomic E-state index is 12.9. The van der Waals surface area contributed by atoms with Gasteiger partial charge in [-0.15, -0.1) is 0 Å². The van der Waals surface area contributed by atoms with Crippen LogP contribution in [-0.4, -0.2) is 47.3 Å². The number of aryl methyl sites for hydroxylation is 2. The molecule has 168 valence electrons. The number of likely N-dealkylation sites (tertiary alicyclic amines) is 1. The maximum atomic E-state index is 12.9. The topological polar surface area (TPSA) is 52.6 Å². The van der Waals surface area contributed by atoms with E-state index in [1.165, 1.54) is 22.3 Å². The number of piperidine rings is 2. The lowest BCUT2D eigenvalue weighted by molar-refractivity contribution is -0.123. The average Bonchev–Trinajstić information content (AvgIpc) is 3.10. The lowest BCUT2D eigenvalue weighted by atomic mass is 9.87. The summed E-state index contributed by atoms with van der Waals surface area (Å²) in [4.78, 5) is 28.9. The van der Waals surface area contributed by atoms with E-state index in [4.69, 9.17) is 0 Å². The molecule has 5 rings (SSSR count). The second kappa shape index (κ2) is 8.70. The van der Waals surface area contributed by atoms with Gasteiger partial charge in [0.05, 0.1) is 6.04 Å². The largest absolute Gasteiger partial charge is 0.354 e. The number of rotatable bonds is 4. The number of hydrogen-bond acceptors (Lipinski definition) is 3. The third kappa shape index (κ3) is 4.31. The highest BCUT2D eigenvalue weighted by Crippen LogP contribution is 2.33. The summed E-state index contributed by atoms with van der Waals surface area (Å²) in [6, 6.07) is 13.5. The fourth-order valence-electron chi connectivity index (χ4n) is 5.74. The average molecular weight is 432 g/mol. The summed E-state index contributed by atoms with van der Waals surface area (Å²) in [7, 11) is 0. The maximum Gasteiger partial charge on any atom is 0.254 e. The summed E-state index contributed by atoms with van der Waals surface area (Å²) in [6.45, 7) is 8.85. The third-order valence-electron chi connectivity index (χ3n) is 7.39. The third-order valence-corrected chi connectivity index (χ3v) is 7.39. The number of nitrogens with one attached hydrogen (secondary N) is 1. The first kappa shape index (κ1) is 21.2. The molecule has 0 radical (unpaired) electrons. The number of carbonyl (C=O) groups excluding carboxylic acids is 2. The van der Waals surface area contributed by atoms with Gasteiger partial charge in [0, 0.05) is 31.6 Å². The summed E-state index contributed by atoms with van der Waals surface area (Å²) < 4.78 is 0. The number of benzene rings is 2. The van der Waals surface area contributed by atoms with Crippen molar-refractivity contribution < 1.29 is 9.59 Å². The predicted octanol–water partition coefficient (Wildman–Crippen LogP) is 3.92. The van der Waals surface area contributed by atoms with E-state index in [1.807, 2.05) is 11.0 Å². The molecule has 5 nitrogen and oxygen atoms in total. The standard InChI is InChI=1S/C27H33N3O2/c1-18-11-19(2)13-20(12-18)16-29-9-7-21(8-10-29)22-3-5-25-23(14-22)17-30(27(25)32)24-4-6-26(31)28-15-24/h3,5,11-14,21,24H,4,6-10,15-17H2,1-2H3,(H,28,31). The summed E-state index contributed by atoms with van der Waals surface area (Å²) in [5.74, 6) is 0.779. The molecule has 1 atom stereocenters. The molecule has 3 heterocycles. The number of nitrogens with zero attached hydrogens (tertiary/aromatic N) is 2. The van der Waals surface area contributed by atoms with Gasteiger partial charge in [-0.3, -0.25) is 14.5 Å². The van der Waals surface area contributed by atoms with E-state index in [0.29, 0.717) is 25.4 Å². The van der Waals surface area contributed by atoms with E-state index in [-0.39, 0.29) is 17.9 Å². The van der Waals surface area contributed by atoms with E-state index in [0.717, 1.165) is 50.0 Å². The number of carbonyl (C=O) groups is 2. The Morgan fingerprint density at radius 2 is 1.72 bits per heavy atom. The zero-order valence-corrected chi connectivity index (χ0v) is 19.2. The molecule has 0 aliphatic carbocycles. The van der Waals surface area contributed by atoms with E-state index in [9.17, 15) is 9.59 Å². The lowest BCUT2D eigenvalue weighted by Gasteiger charge is -2.32. The molecule has 2 fully saturated rings. The fourth-order valence-corrected chi connectivity index (χ4v) is 5.74. The van der Waals surface area contributed by atoms with Crippen molar-refractivity contribution in [3.8, 4) is 0 Å². The highest BCUT2D eigenvalue weighted by molar-refractivity contribution is 5.98. The SMILES string of the molecule is Cc1cc(C)cc(CN2CCC(c3ccc4c(c3)CN(C3CCC(=O)NC3)C4=O)CC2)c1. The Hall–Kier alpha value is -2.66. The quantitative estimate of drug-likeness (QED) is 0.798. The highest BCUT2D eigenvalue weighted by atomic mass is 16.2. The van der Waals surface area contributed by atoms with Crippen LogP contribution in [0.4, 0.5) is 0 Å². The molecule has 3 aliphatic rings. The van der Waals surface area contributed by atoms with Crippen LogP contribution >= 0.6 is 0 Å². The first-order chi connectivity index (χ1) is 15.5. The molecule has 2 aromatic rings. The van der Waals surface area contributed by atoms with Crippen LogP contribution in [0.2, 0.25) is 0 Å². The zero-order valence-electron chi connectivity index (χ0n) is 19.2. The molecule has 1 N–H and O–H groups in total. The normalized spacial score (nSPS) is 22.2. The number of fused-ring (bicyclic) bond motifs is 1. The summed E-state index contributed by atoms with van der Waals surface area (Å²) in [6.07, 6.45) is 3.60. The fraction of sp³-hybridized carbons (Fsp3) is 0.481. The monoisotopic (exact) mass is 431 g/mol. The zero-order chi connectivity index (χ0) is 22.2. The van der Waals surface area contributed by atoms with Crippen molar-refractivity contribution >= 4 is 11.8 Å². The molecule has 32 heavy (non-hydrogen) atoms. The van der Waals surface area contributed by atoms with Crippen molar-refractivity contribution in [2.24, 2.45) is 0 Å².